The number of hydrogen-bond acceptors (Lipinski definition) is 7. The van der Waals surface area contributed by atoms with Gasteiger partial charge in [0.1, 0.15) is 24.1 Å². The van der Waals surface area contributed by atoms with E-state index in [1.807, 2.05) is 0 Å². The van der Waals surface area contributed by atoms with Crippen molar-refractivity contribution in [2.75, 3.05) is 0 Å². The Kier molecular flexibility index (Phi) is 5.93. The summed E-state index contributed by atoms with van der Waals surface area (Å²) >= 11 is 0. The van der Waals surface area contributed by atoms with E-state index in [4.69, 9.17) is 9.47 Å². The first-order chi connectivity index (χ1) is 15.6. The molecular formula is C25H38O8. The normalized spacial score (nSPS) is 54.3. The Balaban J connectivity index is 1.32. The summed E-state index contributed by atoms with van der Waals surface area (Å²) in [5.41, 5.74) is 0.117. The summed E-state index contributed by atoms with van der Waals surface area (Å²) in [6, 6.07) is 0. The molecule has 186 valence electrons. The summed E-state index contributed by atoms with van der Waals surface area (Å²) in [6.45, 7) is 4.66. The van der Waals surface area contributed by atoms with Gasteiger partial charge < -0.3 is 29.9 Å². The molecule has 0 aromatic carbocycles. The molecule has 5 aliphatic rings. The highest BCUT2D eigenvalue weighted by molar-refractivity contribution is 5.79. The number of ether oxygens (including phenoxy) is 2. The van der Waals surface area contributed by atoms with E-state index in [-0.39, 0.29) is 16.9 Å². The summed E-state index contributed by atoms with van der Waals surface area (Å²) < 4.78 is 11.6. The van der Waals surface area contributed by atoms with Gasteiger partial charge in [-0.2, -0.15) is 0 Å². The standard InChI is InChI=1S/C25H38O8/c1-24-9-7-13(26)11-12(24)3-4-14-15-5-6-17(25(15,2)10-8-16(14)24)32-23-20(29)18(27)19(28)21(33-23)22(30)31/h12,14-21,23,27-29H,3-11H2,1-2H3,(H,30,31)/t12-,14-,15+,16+,17+,18-,19-,20+,21+,23+,24-,25-/m0/s1. The fourth-order valence-electron chi connectivity index (χ4n) is 8.55. The molecule has 5 rings (SSSR count). The third-order valence-corrected chi connectivity index (χ3v) is 10.5. The van der Waals surface area contributed by atoms with Crippen LogP contribution in [0.1, 0.15) is 71.6 Å². The second-order valence-electron chi connectivity index (χ2n) is 11.9. The van der Waals surface area contributed by atoms with E-state index in [2.05, 4.69) is 13.8 Å². The van der Waals surface area contributed by atoms with Crippen LogP contribution in [0.5, 0.6) is 0 Å². The molecule has 5 fully saturated rings. The number of aliphatic hydroxyl groups is 3. The van der Waals surface area contributed by atoms with Crippen molar-refractivity contribution < 1.29 is 39.5 Å². The van der Waals surface area contributed by atoms with Gasteiger partial charge in [-0.1, -0.05) is 13.8 Å². The number of ketones is 1. The molecule has 0 amide bonds. The number of Topliss-reactive ketones (excluding diaryl/α,β-unsaturated/α-hetero) is 1. The fraction of sp³-hybridized carbons (Fsp3) is 0.920. The van der Waals surface area contributed by atoms with Crippen molar-refractivity contribution in [2.45, 2.75) is 108 Å². The Morgan fingerprint density at radius 3 is 2.39 bits per heavy atom. The van der Waals surface area contributed by atoms with Crippen molar-refractivity contribution in [2.24, 2.45) is 34.5 Å². The van der Waals surface area contributed by atoms with Crippen LogP contribution in [0, 0.1) is 34.5 Å². The van der Waals surface area contributed by atoms with E-state index < -0.39 is 36.7 Å². The third-order valence-electron chi connectivity index (χ3n) is 10.5. The van der Waals surface area contributed by atoms with Crippen molar-refractivity contribution in [1.82, 2.24) is 0 Å². The molecule has 8 heteroatoms. The molecule has 1 heterocycles. The number of carboxylic acid groups (broad SMARTS) is 1. The Morgan fingerprint density at radius 2 is 1.67 bits per heavy atom. The van der Waals surface area contributed by atoms with Gasteiger partial charge in [0.05, 0.1) is 6.10 Å². The first-order valence-corrected chi connectivity index (χ1v) is 12.7. The van der Waals surface area contributed by atoms with Gasteiger partial charge in [-0.3, -0.25) is 4.79 Å². The minimum absolute atomic E-state index is 0.113. The van der Waals surface area contributed by atoms with Crippen molar-refractivity contribution in [3.8, 4) is 0 Å². The van der Waals surface area contributed by atoms with E-state index >= 15 is 0 Å². The maximum Gasteiger partial charge on any atom is 0.335 e. The molecule has 4 N–H and O–H groups in total. The van der Waals surface area contributed by atoms with E-state index in [0.717, 1.165) is 51.4 Å². The number of aliphatic carboxylic acids is 1. The highest BCUT2D eigenvalue weighted by Crippen LogP contribution is 2.66. The van der Waals surface area contributed by atoms with E-state index in [0.29, 0.717) is 35.9 Å². The molecular weight excluding hydrogens is 428 g/mol. The number of carboxylic acids is 1. The Hall–Kier alpha value is -1.06. The topological polar surface area (TPSA) is 134 Å². The molecule has 0 unspecified atom stereocenters. The van der Waals surface area contributed by atoms with Gasteiger partial charge in [0.15, 0.2) is 12.4 Å². The van der Waals surface area contributed by atoms with Crippen molar-refractivity contribution >= 4 is 11.8 Å². The SMILES string of the molecule is C[C@]12CCC(=O)C[C@@H]1CC[C@@H]1[C@H]2CC[C@@]2(C)[C@@H]1CC[C@H]2O[C@@H]1O[C@@H](C(=O)O)[C@@H](O)[C@H](O)[C@H]1O. The van der Waals surface area contributed by atoms with Crippen LogP contribution in [0.15, 0.2) is 0 Å². The van der Waals surface area contributed by atoms with Crippen LogP contribution in [0.25, 0.3) is 0 Å². The highest BCUT2D eigenvalue weighted by atomic mass is 16.7. The average molecular weight is 467 g/mol. The molecule has 4 aliphatic carbocycles. The van der Waals surface area contributed by atoms with Crippen molar-refractivity contribution in [3.05, 3.63) is 0 Å². The number of carbonyl (C=O) groups excluding carboxylic acids is 1. The summed E-state index contributed by atoms with van der Waals surface area (Å²) in [7, 11) is 0. The van der Waals surface area contributed by atoms with Gasteiger partial charge in [-0.25, -0.2) is 4.79 Å². The Bertz CT molecular complexity index is 801. The van der Waals surface area contributed by atoms with Crippen LogP contribution in [0.2, 0.25) is 0 Å². The molecule has 0 radical (unpaired) electrons. The van der Waals surface area contributed by atoms with Gasteiger partial charge in [0.25, 0.3) is 0 Å². The van der Waals surface area contributed by atoms with Crippen LogP contribution in [0.3, 0.4) is 0 Å². The molecule has 1 saturated heterocycles. The van der Waals surface area contributed by atoms with Crippen LogP contribution >= 0.6 is 0 Å². The smallest absolute Gasteiger partial charge is 0.335 e. The second kappa shape index (κ2) is 8.26. The number of fused-ring (bicyclic) bond motifs is 5. The zero-order chi connectivity index (χ0) is 23.7. The van der Waals surface area contributed by atoms with Crippen LogP contribution in [0.4, 0.5) is 0 Å². The zero-order valence-corrected chi connectivity index (χ0v) is 19.6. The van der Waals surface area contributed by atoms with Crippen LogP contribution in [-0.2, 0) is 19.1 Å². The lowest BCUT2D eigenvalue weighted by molar-refractivity contribution is -0.313. The molecule has 0 aromatic rings. The molecule has 8 nitrogen and oxygen atoms in total. The van der Waals surface area contributed by atoms with E-state index in [1.165, 1.54) is 0 Å². The molecule has 12 atom stereocenters. The summed E-state index contributed by atoms with van der Waals surface area (Å²) in [5, 5.41) is 39.9. The number of hydrogen-bond donors (Lipinski definition) is 4. The largest absolute Gasteiger partial charge is 0.479 e. The maximum absolute atomic E-state index is 12.1. The van der Waals surface area contributed by atoms with E-state index in [1.54, 1.807) is 0 Å². The predicted octanol–water partition coefficient (Wildman–Crippen LogP) is 1.88. The van der Waals surface area contributed by atoms with Gasteiger partial charge in [-0.15, -0.1) is 0 Å². The maximum atomic E-state index is 12.1. The monoisotopic (exact) mass is 466 g/mol. The number of rotatable bonds is 3. The van der Waals surface area contributed by atoms with Crippen molar-refractivity contribution in [1.29, 1.82) is 0 Å². The van der Waals surface area contributed by atoms with Crippen molar-refractivity contribution in [3.63, 3.8) is 0 Å². The third kappa shape index (κ3) is 3.59. The molecule has 4 saturated carbocycles. The lowest BCUT2D eigenvalue weighted by Gasteiger charge is -2.60. The predicted molar refractivity (Wildman–Crippen MR) is 116 cm³/mol. The number of aliphatic hydroxyl groups excluding tert-OH is 3. The van der Waals surface area contributed by atoms with Gasteiger partial charge >= 0.3 is 5.97 Å². The quantitative estimate of drug-likeness (QED) is 0.495. The summed E-state index contributed by atoms with van der Waals surface area (Å²) in [4.78, 5) is 23.6. The lowest BCUT2D eigenvalue weighted by atomic mass is 9.45. The number of carbonyl (C=O) groups is 2. The molecule has 33 heavy (non-hydrogen) atoms. The van der Waals surface area contributed by atoms with Crippen LogP contribution in [-0.4, -0.2) is 69.0 Å². The molecule has 1 aliphatic heterocycles. The van der Waals surface area contributed by atoms with Crippen LogP contribution < -0.4 is 0 Å². The summed E-state index contributed by atoms with van der Waals surface area (Å²) in [6.07, 6.45) is 0.569. The minimum Gasteiger partial charge on any atom is -0.479 e. The summed E-state index contributed by atoms with van der Waals surface area (Å²) in [5.74, 6) is 1.21. The Morgan fingerprint density at radius 1 is 0.939 bits per heavy atom. The zero-order valence-electron chi connectivity index (χ0n) is 19.6. The minimum atomic E-state index is -1.71. The first kappa shape index (κ1) is 23.7. The van der Waals surface area contributed by atoms with Gasteiger partial charge in [0, 0.05) is 12.8 Å². The van der Waals surface area contributed by atoms with E-state index in [9.17, 15) is 30.0 Å². The highest BCUT2D eigenvalue weighted by Gasteiger charge is 2.61. The molecule has 0 spiro atoms. The van der Waals surface area contributed by atoms with Gasteiger partial charge in [-0.05, 0) is 79.4 Å². The lowest BCUT2D eigenvalue weighted by Crippen LogP contribution is -2.61. The van der Waals surface area contributed by atoms with Gasteiger partial charge in [0.2, 0.25) is 0 Å². The molecule has 0 bridgehead atoms. The fourth-order valence-corrected chi connectivity index (χ4v) is 8.55. The second-order valence-corrected chi connectivity index (χ2v) is 11.9. The average Bonchev–Trinajstić information content (AvgIpc) is 3.10. The first-order valence-electron chi connectivity index (χ1n) is 12.7. The molecule has 0 aromatic heterocycles. The Labute approximate surface area is 194 Å².